The maximum absolute atomic E-state index is 12.1. The standard InChI is InChI=1S/C12H14O12/c1-4-7(15)10(18)11(19)12(20,21-4)23-6(14)3-9(17,8(16)24-11)2-5(13)22-10/h4,7,15,17-20H,2-3H2,1H3/t4-,7+,9?,10+,11+,12?/m0/s1. The summed E-state index contributed by atoms with van der Waals surface area (Å²) < 4.78 is 18.3. The molecule has 2 unspecified atom stereocenters. The first-order valence-corrected chi connectivity index (χ1v) is 6.79. The highest BCUT2D eigenvalue weighted by molar-refractivity contribution is 5.91. The summed E-state index contributed by atoms with van der Waals surface area (Å²) in [6, 6.07) is 0. The van der Waals surface area contributed by atoms with Crippen LogP contribution in [0.3, 0.4) is 0 Å². The number of rotatable bonds is 0. The molecule has 134 valence electrons. The van der Waals surface area contributed by atoms with Gasteiger partial charge in [0, 0.05) is 0 Å². The first-order chi connectivity index (χ1) is 10.9. The van der Waals surface area contributed by atoms with E-state index in [1.165, 1.54) is 0 Å². The zero-order chi connectivity index (χ0) is 18.1. The molecule has 3 fully saturated rings. The molecule has 0 aliphatic carbocycles. The van der Waals surface area contributed by atoms with Crippen LogP contribution in [0.1, 0.15) is 19.8 Å². The van der Waals surface area contributed by atoms with Crippen LogP contribution in [0.2, 0.25) is 0 Å². The van der Waals surface area contributed by atoms with E-state index in [9.17, 15) is 39.9 Å². The van der Waals surface area contributed by atoms with Gasteiger partial charge < -0.3 is 44.5 Å². The van der Waals surface area contributed by atoms with Crippen molar-refractivity contribution in [3.8, 4) is 0 Å². The van der Waals surface area contributed by atoms with E-state index >= 15 is 0 Å². The highest BCUT2D eigenvalue weighted by atomic mass is 16.9. The number of aliphatic hydroxyl groups excluding tert-OH is 1. The van der Waals surface area contributed by atoms with Crippen LogP contribution in [0.25, 0.3) is 0 Å². The average molecular weight is 350 g/mol. The van der Waals surface area contributed by atoms with Crippen LogP contribution in [-0.4, -0.2) is 78.8 Å². The summed E-state index contributed by atoms with van der Waals surface area (Å²) in [6.07, 6.45) is -6.03. The summed E-state index contributed by atoms with van der Waals surface area (Å²) in [5.74, 6) is -15.4. The number of aliphatic hydroxyl groups is 5. The Labute approximate surface area is 133 Å². The maximum Gasteiger partial charge on any atom is 0.404 e. The summed E-state index contributed by atoms with van der Waals surface area (Å²) in [5.41, 5.74) is -2.78. The minimum Gasteiger partial charge on any atom is -0.422 e. The molecule has 0 aromatic heterocycles. The summed E-state index contributed by atoms with van der Waals surface area (Å²) in [5, 5.41) is 51.6. The van der Waals surface area contributed by atoms with E-state index in [0.29, 0.717) is 0 Å². The average Bonchev–Trinajstić information content (AvgIpc) is 2.41. The van der Waals surface area contributed by atoms with Crippen LogP contribution in [0, 0.1) is 0 Å². The van der Waals surface area contributed by atoms with E-state index in [1.807, 2.05) is 0 Å². The van der Waals surface area contributed by atoms with Crippen molar-refractivity contribution in [3.05, 3.63) is 0 Å². The predicted molar refractivity (Wildman–Crippen MR) is 63.9 cm³/mol. The third-order valence-corrected chi connectivity index (χ3v) is 4.12. The predicted octanol–water partition coefficient (Wildman–Crippen LogP) is -4.04. The van der Waals surface area contributed by atoms with Gasteiger partial charge in [0.1, 0.15) is 0 Å². The fourth-order valence-corrected chi connectivity index (χ4v) is 2.82. The highest BCUT2D eigenvalue weighted by Gasteiger charge is 2.81. The van der Waals surface area contributed by atoms with Gasteiger partial charge in [-0.05, 0) is 6.92 Å². The van der Waals surface area contributed by atoms with Gasteiger partial charge in [-0.2, -0.15) is 0 Å². The van der Waals surface area contributed by atoms with Gasteiger partial charge in [-0.15, -0.1) is 0 Å². The molecule has 3 aliphatic heterocycles. The maximum atomic E-state index is 12.1. The van der Waals surface area contributed by atoms with Crippen LogP contribution in [0.5, 0.6) is 0 Å². The Kier molecular flexibility index (Phi) is 3.28. The van der Waals surface area contributed by atoms with Crippen molar-refractivity contribution in [1.29, 1.82) is 0 Å². The molecule has 0 saturated carbocycles. The Morgan fingerprint density at radius 2 is 1.50 bits per heavy atom. The summed E-state index contributed by atoms with van der Waals surface area (Å²) >= 11 is 0. The Balaban J connectivity index is 2.27. The summed E-state index contributed by atoms with van der Waals surface area (Å²) in [6.45, 7) is 1.08. The van der Waals surface area contributed by atoms with Crippen molar-refractivity contribution in [3.63, 3.8) is 0 Å². The van der Waals surface area contributed by atoms with Gasteiger partial charge in [-0.25, -0.2) is 4.79 Å². The first kappa shape index (κ1) is 17.0. The molecule has 3 saturated heterocycles. The molecule has 5 N–H and O–H groups in total. The van der Waals surface area contributed by atoms with Gasteiger partial charge in [0.2, 0.25) is 0 Å². The van der Waals surface area contributed by atoms with Crippen LogP contribution < -0.4 is 0 Å². The lowest BCUT2D eigenvalue weighted by atomic mass is 9.86. The lowest BCUT2D eigenvalue weighted by molar-refractivity contribution is -0.559. The van der Waals surface area contributed by atoms with E-state index in [-0.39, 0.29) is 0 Å². The molecule has 24 heavy (non-hydrogen) atoms. The number of carbonyl (C=O) groups excluding carboxylic acids is 3. The molecular weight excluding hydrogens is 336 g/mol. The number of ether oxygens (including phenoxy) is 4. The van der Waals surface area contributed by atoms with Gasteiger partial charge in [0.15, 0.2) is 11.7 Å². The third kappa shape index (κ3) is 1.92. The smallest absolute Gasteiger partial charge is 0.404 e. The van der Waals surface area contributed by atoms with Crippen molar-refractivity contribution in [2.75, 3.05) is 0 Å². The Morgan fingerprint density at radius 1 is 0.958 bits per heavy atom. The fourth-order valence-electron chi connectivity index (χ4n) is 2.82. The molecule has 0 radical (unpaired) electrons. The molecule has 3 aliphatic rings. The van der Waals surface area contributed by atoms with Crippen LogP contribution in [0.15, 0.2) is 0 Å². The second-order valence-electron chi connectivity index (χ2n) is 5.91. The van der Waals surface area contributed by atoms with E-state index < -0.39 is 66.1 Å². The monoisotopic (exact) mass is 350 g/mol. The topological polar surface area (TPSA) is 189 Å². The molecule has 0 aromatic rings. The largest absolute Gasteiger partial charge is 0.422 e. The normalized spacial score (nSPS) is 51.5. The van der Waals surface area contributed by atoms with Gasteiger partial charge >= 0.3 is 35.5 Å². The molecule has 0 amide bonds. The summed E-state index contributed by atoms with van der Waals surface area (Å²) in [7, 11) is 0. The molecule has 3 heterocycles. The van der Waals surface area contributed by atoms with Crippen molar-refractivity contribution in [2.24, 2.45) is 0 Å². The lowest BCUT2D eigenvalue weighted by Crippen LogP contribution is -2.83. The zero-order valence-electron chi connectivity index (χ0n) is 12.2. The molecule has 0 aromatic carbocycles. The minimum atomic E-state index is -3.77. The van der Waals surface area contributed by atoms with Crippen LogP contribution >= 0.6 is 0 Å². The Morgan fingerprint density at radius 3 is 2.08 bits per heavy atom. The van der Waals surface area contributed by atoms with Gasteiger partial charge in [0.05, 0.1) is 18.9 Å². The number of hydrogen-bond donors (Lipinski definition) is 5. The van der Waals surface area contributed by atoms with Crippen molar-refractivity contribution >= 4 is 17.9 Å². The Hall–Kier alpha value is -1.83. The van der Waals surface area contributed by atoms with Crippen molar-refractivity contribution < 1.29 is 58.9 Å². The van der Waals surface area contributed by atoms with Gasteiger partial charge in [-0.1, -0.05) is 0 Å². The number of esters is 3. The van der Waals surface area contributed by atoms with E-state index in [4.69, 9.17) is 4.74 Å². The first-order valence-electron chi connectivity index (χ1n) is 6.79. The molecule has 6 atom stereocenters. The fraction of sp³-hybridized carbons (Fsp3) is 0.750. The number of hydrogen-bond acceptors (Lipinski definition) is 12. The van der Waals surface area contributed by atoms with Gasteiger partial charge in [-0.3, -0.25) is 9.59 Å². The number of fused-ring (bicyclic) bond motifs is 2. The molecule has 3 rings (SSSR count). The van der Waals surface area contributed by atoms with Crippen molar-refractivity contribution in [2.45, 2.75) is 55.1 Å². The zero-order valence-corrected chi connectivity index (χ0v) is 12.2. The Bertz CT molecular complexity index is 634. The van der Waals surface area contributed by atoms with Crippen molar-refractivity contribution in [1.82, 2.24) is 0 Å². The summed E-state index contributed by atoms with van der Waals surface area (Å²) in [4.78, 5) is 35.9. The molecule has 12 nitrogen and oxygen atoms in total. The van der Waals surface area contributed by atoms with E-state index in [2.05, 4.69) is 14.2 Å². The molecular formula is C12H14O12. The van der Waals surface area contributed by atoms with E-state index in [1.54, 1.807) is 0 Å². The van der Waals surface area contributed by atoms with Gasteiger partial charge in [0.25, 0.3) is 0 Å². The quantitative estimate of drug-likeness (QED) is 0.210. The number of carbonyl (C=O) groups is 3. The third-order valence-electron chi connectivity index (χ3n) is 4.12. The minimum absolute atomic E-state index is 1.08. The van der Waals surface area contributed by atoms with Crippen LogP contribution in [-0.2, 0) is 33.3 Å². The SMILES string of the molecule is C[C@@H]1OC2(O)OC(=O)CC3(O)CC(=O)O[C@](O)([C@@H]1O)[C@@]2(O)OC3=O. The molecule has 2 bridgehead atoms. The second-order valence-corrected chi connectivity index (χ2v) is 5.91. The molecule has 12 heteroatoms. The van der Waals surface area contributed by atoms with E-state index in [0.717, 1.165) is 6.92 Å². The highest BCUT2D eigenvalue weighted by Crippen LogP contribution is 2.49. The van der Waals surface area contributed by atoms with Crippen LogP contribution in [0.4, 0.5) is 0 Å². The second kappa shape index (κ2) is 4.62. The molecule has 0 spiro atoms. The lowest BCUT2D eigenvalue weighted by Gasteiger charge is -2.55.